The third-order valence-electron chi connectivity index (χ3n) is 7.13. The summed E-state index contributed by atoms with van der Waals surface area (Å²) in [6, 6.07) is 3.89. The molecule has 0 radical (unpaired) electrons. The Balaban J connectivity index is 1.45. The van der Waals surface area contributed by atoms with Crippen LogP contribution in [-0.2, 0) is 9.59 Å². The van der Waals surface area contributed by atoms with Crippen molar-refractivity contribution in [3.8, 4) is 0 Å². The Morgan fingerprint density at radius 2 is 1.75 bits per heavy atom. The first-order valence-electron chi connectivity index (χ1n) is 10.3. The molecule has 7 heteroatoms. The lowest BCUT2D eigenvalue weighted by molar-refractivity contribution is -0.141. The van der Waals surface area contributed by atoms with Gasteiger partial charge in [0.1, 0.15) is 11.6 Å². The number of piperidine rings is 3. The first-order valence-corrected chi connectivity index (χ1v) is 10.3. The van der Waals surface area contributed by atoms with E-state index in [1.54, 1.807) is 4.90 Å². The molecule has 150 valence electrons. The molecule has 0 spiro atoms. The summed E-state index contributed by atoms with van der Waals surface area (Å²) in [7, 11) is 0. The predicted molar refractivity (Wildman–Crippen MR) is 98.5 cm³/mol. The van der Waals surface area contributed by atoms with Gasteiger partial charge in [-0.2, -0.15) is 0 Å². The van der Waals surface area contributed by atoms with E-state index in [1.807, 2.05) is 4.90 Å². The number of benzene rings is 1. The van der Waals surface area contributed by atoms with Crippen LogP contribution in [0.1, 0.15) is 37.2 Å². The molecule has 0 aromatic heterocycles. The van der Waals surface area contributed by atoms with E-state index in [2.05, 4.69) is 4.90 Å². The minimum Gasteiger partial charge on any atom is -0.336 e. The van der Waals surface area contributed by atoms with E-state index in [0.29, 0.717) is 31.0 Å². The van der Waals surface area contributed by atoms with E-state index in [0.717, 1.165) is 38.4 Å². The summed E-state index contributed by atoms with van der Waals surface area (Å²) in [6.45, 7) is 3.19. The van der Waals surface area contributed by atoms with Gasteiger partial charge in [0.2, 0.25) is 11.8 Å². The number of hydrogen-bond acceptors (Lipinski definition) is 3. The number of amides is 2. The van der Waals surface area contributed by atoms with Crippen LogP contribution in [0, 0.1) is 17.6 Å². The number of fused-ring (bicyclic) bond motifs is 2. The van der Waals surface area contributed by atoms with Gasteiger partial charge in [0.25, 0.3) is 0 Å². The molecule has 5 aliphatic rings. The van der Waals surface area contributed by atoms with E-state index >= 15 is 0 Å². The van der Waals surface area contributed by atoms with Crippen molar-refractivity contribution in [2.45, 2.75) is 43.7 Å². The minimum absolute atomic E-state index is 0.0293. The Morgan fingerprint density at radius 3 is 2.39 bits per heavy atom. The van der Waals surface area contributed by atoms with Crippen molar-refractivity contribution < 1.29 is 18.4 Å². The lowest BCUT2D eigenvalue weighted by Crippen LogP contribution is -2.61. The van der Waals surface area contributed by atoms with Crippen molar-refractivity contribution in [3.05, 3.63) is 35.4 Å². The Labute approximate surface area is 163 Å². The number of nitrogens with zero attached hydrogens (tertiary/aromatic N) is 3. The summed E-state index contributed by atoms with van der Waals surface area (Å²) < 4.78 is 27.8. The molecular formula is C21H25F2N3O2. The molecule has 2 amide bonds. The second-order valence-electron chi connectivity index (χ2n) is 8.63. The van der Waals surface area contributed by atoms with E-state index in [-0.39, 0.29) is 36.4 Å². The van der Waals surface area contributed by atoms with Crippen LogP contribution in [-0.4, -0.2) is 71.3 Å². The molecule has 5 aliphatic heterocycles. The fourth-order valence-corrected chi connectivity index (χ4v) is 5.91. The molecule has 6 rings (SSSR count). The third-order valence-corrected chi connectivity index (χ3v) is 7.13. The van der Waals surface area contributed by atoms with Crippen LogP contribution in [0.4, 0.5) is 8.78 Å². The summed E-state index contributed by atoms with van der Waals surface area (Å²) in [5.41, 5.74) is 0.632. The van der Waals surface area contributed by atoms with Gasteiger partial charge in [-0.15, -0.1) is 0 Å². The van der Waals surface area contributed by atoms with Gasteiger partial charge in [0.05, 0.1) is 12.6 Å². The molecule has 28 heavy (non-hydrogen) atoms. The van der Waals surface area contributed by atoms with Crippen LogP contribution < -0.4 is 0 Å². The number of carbonyl (C=O) groups excluding carboxylic acids is 2. The van der Waals surface area contributed by atoms with Gasteiger partial charge in [-0.05, 0) is 56.0 Å². The van der Waals surface area contributed by atoms with Gasteiger partial charge < -0.3 is 9.80 Å². The molecule has 1 aromatic carbocycles. The summed E-state index contributed by atoms with van der Waals surface area (Å²) in [5.74, 6) is -0.807. The monoisotopic (exact) mass is 389 g/mol. The highest BCUT2D eigenvalue weighted by Gasteiger charge is 2.54. The largest absolute Gasteiger partial charge is 0.336 e. The first-order chi connectivity index (χ1) is 13.5. The van der Waals surface area contributed by atoms with Crippen molar-refractivity contribution in [2.24, 2.45) is 5.92 Å². The molecule has 0 saturated carbocycles. The zero-order valence-corrected chi connectivity index (χ0v) is 15.8. The maximum atomic E-state index is 13.9. The van der Waals surface area contributed by atoms with Crippen LogP contribution in [0.3, 0.4) is 0 Å². The van der Waals surface area contributed by atoms with E-state index in [4.69, 9.17) is 0 Å². The average molecular weight is 389 g/mol. The zero-order valence-electron chi connectivity index (χ0n) is 15.8. The molecule has 0 N–H and O–H groups in total. The molecule has 2 bridgehead atoms. The van der Waals surface area contributed by atoms with Crippen molar-refractivity contribution in [1.29, 1.82) is 0 Å². The van der Waals surface area contributed by atoms with E-state index < -0.39 is 11.6 Å². The van der Waals surface area contributed by atoms with Crippen molar-refractivity contribution in [3.63, 3.8) is 0 Å². The fourth-order valence-electron chi connectivity index (χ4n) is 5.91. The Hall–Kier alpha value is -2.02. The molecule has 1 aromatic rings. The summed E-state index contributed by atoms with van der Waals surface area (Å²) in [4.78, 5) is 31.1. The standard InChI is InChI=1S/C21H25F2N3O2/c22-15-8-14(9-16(23)10-15)17-11-26(19(28)12-25-5-1-2-18(25)27)20-13-3-6-24(7-4-13)21(17)20/h8-10,13,17,20-21H,1-7,11-12H2/t17-,20+,21+/m1/s1. The summed E-state index contributed by atoms with van der Waals surface area (Å²) in [5, 5.41) is 0. The zero-order chi connectivity index (χ0) is 19.4. The third kappa shape index (κ3) is 2.91. The second kappa shape index (κ2) is 6.79. The summed E-state index contributed by atoms with van der Waals surface area (Å²) >= 11 is 0. The highest BCUT2D eigenvalue weighted by atomic mass is 19.1. The SMILES string of the molecule is O=C1CCCN1CC(=O)N1C[C@H](c2cc(F)cc(F)c2)[C@H]2[C@@H]1C1CCN2CC1. The first kappa shape index (κ1) is 18.0. The van der Waals surface area contributed by atoms with Gasteiger partial charge in [-0.25, -0.2) is 8.78 Å². The molecule has 5 heterocycles. The molecule has 5 nitrogen and oxygen atoms in total. The lowest BCUT2D eigenvalue weighted by Gasteiger charge is -2.51. The van der Waals surface area contributed by atoms with Crippen LogP contribution in [0.2, 0.25) is 0 Å². The van der Waals surface area contributed by atoms with Gasteiger partial charge in [0.15, 0.2) is 0 Å². The van der Waals surface area contributed by atoms with Gasteiger partial charge in [0, 0.05) is 37.5 Å². The average Bonchev–Trinajstić information content (AvgIpc) is 3.27. The van der Waals surface area contributed by atoms with E-state index in [9.17, 15) is 18.4 Å². The second-order valence-corrected chi connectivity index (χ2v) is 8.63. The number of carbonyl (C=O) groups is 2. The lowest BCUT2D eigenvalue weighted by atomic mass is 9.75. The molecule has 0 aliphatic carbocycles. The smallest absolute Gasteiger partial charge is 0.242 e. The van der Waals surface area contributed by atoms with Crippen LogP contribution in [0.15, 0.2) is 18.2 Å². The van der Waals surface area contributed by atoms with Gasteiger partial charge >= 0.3 is 0 Å². The predicted octanol–water partition coefficient (Wildman–Crippen LogP) is 1.98. The fraction of sp³-hybridized carbons (Fsp3) is 0.619. The number of rotatable bonds is 3. The highest BCUT2D eigenvalue weighted by Crippen LogP contribution is 2.46. The van der Waals surface area contributed by atoms with Crippen molar-refractivity contribution in [1.82, 2.24) is 14.7 Å². The van der Waals surface area contributed by atoms with Crippen LogP contribution in [0.5, 0.6) is 0 Å². The van der Waals surface area contributed by atoms with E-state index in [1.165, 1.54) is 12.1 Å². The maximum absolute atomic E-state index is 13.9. The van der Waals surface area contributed by atoms with Crippen LogP contribution >= 0.6 is 0 Å². The minimum atomic E-state index is -0.574. The molecule has 3 atom stereocenters. The molecule has 5 fully saturated rings. The maximum Gasteiger partial charge on any atom is 0.242 e. The van der Waals surface area contributed by atoms with Crippen molar-refractivity contribution >= 4 is 11.8 Å². The Bertz CT molecular complexity index is 789. The highest BCUT2D eigenvalue weighted by molar-refractivity contribution is 5.86. The van der Waals surface area contributed by atoms with Gasteiger partial charge in [-0.1, -0.05) is 0 Å². The topological polar surface area (TPSA) is 43.9 Å². The molecular weight excluding hydrogens is 364 g/mol. The number of halogens is 2. The Morgan fingerprint density at radius 1 is 1.04 bits per heavy atom. The summed E-state index contributed by atoms with van der Waals surface area (Å²) in [6.07, 6.45) is 3.43. The van der Waals surface area contributed by atoms with Gasteiger partial charge in [-0.3, -0.25) is 14.5 Å². The number of likely N-dealkylation sites (tertiary alicyclic amines) is 2. The molecule has 0 unspecified atom stereocenters. The normalized spacial score (nSPS) is 34.2. The Kier molecular flexibility index (Phi) is 4.38. The van der Waals surface area contributed by atoms with Crippen molar-refractivity contribution in [2.75, 3.05) is 32.7 Å². The number of hydrogen-bond donors (Lipinski definition) is 0. The quantitative estimate of drug-likeness (QED) is 0.794. The molecule has 5 saturated heterocycles. The van der Waals surface area contributed by atoms with Crippen LogP contribution in [0.25, 0.3) is 0 Å².